The molecule has 3 rings (SSSR count). The summed E-state index contributed by atoms with van der Waals surface area (Å²) in [5, 5.41) is 0. The maximum Gasteiger partial charge on any atom is 0.170 e. The Balaban J connectivity index is 1.87. The summed E-state index contributed by atoms with van der Waals surface area (Å²) >= 11 is 0. The predicted molar refractivity (Wildman–Crippen MR) is 84.4 cm³/mol. The molecule has 0 saturated carbocycles. The summed E-state index contributed by atoms with van der Waals surface area (Å²) < 4.78 is 5.74. The molecule has 0 aliphatic carbocycles. The highest BCUT2D eigenvalue weighted by molar-refractivity contribution is 5.97. The zero-order valence-electron chi connectivity index (χ0n) is 12.7. The van der Waals surface area contributed by atoms with Crippen molar-refractivity contribution >= 4 is 11.6 Å². The zero-order valence-corrected chi connectivity index (χ0v) is 12.7. The Morgan fingerprint density at radius 3 is 2.41 bits per heavy atom. The molecule has 2 aromatic carbocycles. The number of carbonyl (C=O) groups is 2. The number of aryl methyl sites for hydroxylation is 1. The average Bonchev–Trinajstić information content (AvgIpc) is 2.87. The third-order valence-corrected chi connectivity index (χ3v) is 4.12. The molecule has 0 saturated heterocycles. The summed E-state index contributed by atoms with van der Waals surface area (Å²) in [5.41, 5.74) is 2.74. The van der Waals surface area contributed by atoms with E-state index in [1.54, 1.807) is 0 Å². The number of ketones is 2. The highest BCUT2D eigenvalue weighted by Gasteiger charge is 2.38. The van der Waals surface area contributed by atoms with Gasteiger partial charge in [0.1, 0.15) is 5.75 Å². The molecule has 1 aliphatic rings. The lowest BCUT2D eigenvalue weighted by atomic mass is 9.87. The first-order valence-electron chi connectivity index (χ1n) is 7.42. The van der Waals surface area contributed by atoms with Crippen LogP contribution in [0.25, 0.3) is 0 Å². The Labute approximate surface area is 129 Å². The molecular weight excluding hydrogens is 276 g/mol. The normalized spacial score (nSPS) is 19.4. The Bertz CT molecular complexity index is 716. The quantitative estimate of drug-likeness (QED) is 0.807. The standard InChI is InChI=1S/C19H18O3/c1-12-7-9-14(10-8-12)17(21)11-16-15-5-3-4-6-18(15)22-19(16)13(2)20/h3-10,16,19H,11H2,1-2H3/t16-,19+/m0/s1. The van der Waals surface area contributed by atoms with Crippen molar-refractivity contribution in [1.82, 2.24) is 0 Å². The van der Waals surface area contributed by atoms with Gasteiger partial charge in [-0.2, -0.15) is 0 Å². The third-order valence-electron chi connectivity index (χ3n) is 4.12. The van der Waals surface area contributed by atoms with Crippen LogP contribution in [0.5, 0.6) is 5.75 Å². The van der Waals surface area contributed by atoms with Gasteiger partial charge in [0.25, 0.3) is 0 Å². The number of carbonyl (C=O) groups excluding carboxylic acids is 2. The summed E-state index contributed by atoms with van der Waals surface area (Å²) in [6.45, 7) is 3.50. The van der Waals surface area contributed by atoms with Gasteiger partial charge in [0.05, 0.1) is 0 Å². The number of ether oxygens (including phenoxy) is 1. The first-order valence-corrected chi connectivity index (χ1v) is 7.42. The van der Waals surface area contributed by atoms with Crippen molar-refractivity contribution in [3.63, 3.8) is 0 Å². The summed E-state index contributed by atoms with van der Waals surface area (Å²) in [7, 11) is 0. The summed E-state index contributed by atoms with van der Waals surface area (Å²) in [6, 6.07) is 15.1. The minimum Gasteiger partial charge on any atom is -0.482 e. The minimum absolute atomic E-state index is 0.0385. The van der Waals surface area contributed by atoms with E-state index in [9.17, 15) is 9.59 Å². The second kappa shape index (κ2) is 5.76. The van der Waals surface area contributed by atoms with Gasteiger partial charge in [-0.3, -0.25) is 9.59 Å². The summed E-state index contributed by atoms with van der Waals surface area (Å²) in [5.74, 6) is 0.501. The number of benzene rings is 2. The predicted octanol–water partition coefficient (Wildman–Crippen LogP) is 3.70. The molecule has 3 nitrogen and oxygen atoms in total. The maximum absolute atomic E-state index is 12.5. The highest BCUT2D eigenvalue weighted by atomic mass is 16.5. The largest absolute Gasteiger partial charge is 0.482 e. The van der Waals surface area contributed by atoms with Gasteiger partial charge in [0.15, 0.2) is 17.7 Å². The molecule has 0 bridgehead atoms. The molecule has 0 fully saturated rings. The third kappa shape index (κ3) is 2.67. The van der Waals surface area contributed by atoms with Crippen LogP contribution in [-0.4, -0.2) is 17.7 Å². The van der Waals surface area contributed by atoms with Gasteiger partial charge < -0.3 is 4.74 Å². The number of para-hydroxylation sites is 1. The van der Waals surface area contributed by atoms with Crippen LogP contribution in [0.3, 0.4) is 0 Å². The lowest BCUT2D eigenvalue weighted by molar-refractivity contribution is -0.123. The summed E-state index contributed by atoms with van der Waals surface area (Å²) in [4.78, 5) is 24.4. The monoisotopic (exact) mass is 294 g/mol. The lowest BCUT2D eigenvalue weighted by Crippen LogP contribution is -2.28. The maximum atomic E-state index is 12.5. The molecule has 112 valence electrons. The van der Waals surface area contributed by atoms with E-state index in [2.05, 4.69) is 0 Å². The number of rotatable bonds is 4. The zero-order chi connectivity index (χ0) is 15.7. The van der Waals surface area contributed by atoms with Crippen molar-refractivity contribution in [3.8, 4) is 5.75 Å². The first kappa shape index (κ1) is 14.5. The molecule has 0 unspecified atom stereocenters. The van der Waals surface area contributed by atoms with Gasteiger partial charge in [0.2, 0.25) is 0 Å². The van der Waals surface area contributed by atoms with Crippen molar-refractivity contribution in [1.29, 1.82) is 0 Å². The molecule has 0 spiro atoms. The second-order valence-corrected chi connectivity index (χ2v) is 5.79. The van der Waals surface area contributed by atoms with Gasteiger partial charge in [-0.05, 0) is 19.9 Å². The van der Waals surface area contributed by atoms with Gasteiger partial charge in [-0.1, -0.05) is 48.0 Å². The number of hydrogen-bond acceptors (Lipinski definition) is 3. The van der Waals surface area contributed by atoms with Crippen LogP contribution >= 0.6 is 0 Å². The van der Waals surface area contributed by atoms with Crippen LogP contribution in [-0.2, 0) is 4.79 Å². The van der Waals surface area contributed by atoms with Gasteiger partial charge >= 0.3 is 0 Å². The van der Waals surface area contributed by atoms with E-state index in [1.165, 1.54) is 6.92 Å². The van der Waals surface area contributed by atoms with Crippen molar-refractivity contribution in [3.05, 3.63) is 65.2 Å². The van der Waals surface area contributed by atoms with Gasteiger partial charge in [-0.25, -0.2) is 0 Å². The number of fused-ring (bicyclic) bond motifs is 1. The topological polar surface area (TPSA) is 43.4 Å². The van der Waals surface area contributed by atoms with Gasteiger partial charge in [-0.15, -0.1) is 0 Å². The SMILES string of the molecule is CC(=O)[C@H]1Oc2ccccc2[C@@H]1CC(=O)c1ccc(C)cc1. The molecule has 1 heterocycles. The van der Waals surface area contributed by atoms with Crippen molar-refractivity contribution in [2.45, 2.75) is 32.3 Å². The summed E-state index contributed by atoms with van der Waals surface area (Å²) in [6.07, 6.45) is -0.281. The molecule has 0 N–H and O–H groups in total. The molecule has 0 aromatic heterocycles. The van der Waals surface area contributed by atoms with E-state index < -0.39 is 6.10 Å². The molecule has 0 radical (unpaired) electrons. The average molecular weight is 294 g/mol. The molecule has 2 atom stereocenters. The smallest absolute Gasteiger partial charge is 0.170 e. The van der Waals surface area contributed by atoms with E-state index in [0.717, 1.165) is 11.1 Å². The van der Waals surface area contributed by atoms with E-state index in [1.807, 2.05) is 55.5 Å². The van der Waals surface area contributed by atoms with Crippen LogP contribution < -0.4 is 4.74 Å². The fraction of sp³-hybridized carbons (Fsp3) is 0.263. The Kier molecular flexibility index (Phi) is 3.80. The minimum atomic E-state index is -0.563. The van der Waals surface area contributed by atoms with E-state index in [4.69, 9.17) is 4.74 Å². The van der Waals surface area contributed by atoms with Crippen molar-refractivity contribution < 1.29 is 14.3 Å². The van der Waals surface area contributed by atoms with Crippen LogP contribution in [0.4, 0.5) is 0 Å². The van der Waals surface area contributed by atoms with E-state index >= 15 is 0 Å². The molecule has 2 aromatic rings. The Hall–Kier alpha value is -2.42. The fourth-order valence-corrected chi connectivity index (χ4v) is 2.92. The van der Waals surface area contributed by atoms with Crippen LogP contribution in [0.1, 0.15) is 40.7 Å². The Morgan fingerprint density at radius 1 is 1.05 bits per heavy atom. The van der Waals surface area contributed by atoms with Crippen molar-refractivity contribution in [2.75, 3.05) is 0 Å². The highest BCUT2D eigenvalue weighted by Crippen LogP contribution is 2.40. The van der Waals surface area contributed by atoms with E-state index in [-0.39, 0.29) is 23.9 Å². The molecule has 1 aliphatic heterocycles. The fourth-order valence-electron chi connectivity index (χ4n) is 2.92. The van der Waals surface area contributed by atoms with Crippen LogP contribution in [0.2, 0.25) is 0 Å². The second-order valence-electron chi connectivity index (χ2n) is 5.79. The molecular formula is C19H18O3. The van der Waals surface area contributed by atoms with Crippen molar-refractivity contribution in [2.24, 2.45) is 0 Å². The number of Topliss-reactive ketones (excluding diaryl/α,β-unsaturated/α-hetero) is 2. The molecule has 22 heavy (non-hydrogen) atoms. The van der Waals surface area contributed by atoms with Gasteiger partial charge in [0, 0.05) is 23.5 Å². The Morgan fingerprint density at radius 2 is 1.73 bits per heavy atom. The van der Waals surface area contributed by atoms with Crippen LogP contribution in [0.15, 0.2) is 48.5 Å². The lowest BCUT2D eigenvalue weighted by Gasteiger charge is -2.16. The molecule has 0 amide bonds. The first-order chi connectivity index (χ1) is 10.6. The van der Waals surface area contributed by atoms with E-state index in [0.29, 0.717) is 11.3 Å². The van der Waals surface area contributed by atoms with Crippen LogP contribution in [0, 0.1) is 6.92 Å². The number of hydrogen-bond donors (Lipinski definition) is 0. The molecule has 3 heteroatoms.